The number of thiophene rings is 1. The lowest BCUT2D eigenvalue weighted by Crippen LogP contribution is -2.43. The Labute approximate surface area is 174 Å². The molecule has 7 nitrogen and oxygen atoms in total. The zero-order valence-electron chi connectivity index (χ0n) is 16.3. The second-order valence-corrected chi connectivity index (χ2v) is 10.6. The number of carbonyl (C=O) groups excluding carboxylic acids is 1. The molecule has 4 rings (SSSR count). The number of nitrogens with zero attached hydrogens (tertiary/aromatic N) is 3. The zero-order valence-corrected chi connectivity index (χ0v) is 17.9. The molecule has 0 saturated carbocycles. The molecule has 0 atom stereocenters. The van der Waals surface area contributed by atoms with Crippen LogP contribution < -0.4 is 5.32 Å². The molecule has 0 aliphatic carbocycles. The lowest BCUT2D eigenvalue weighted by Gasteiger charge is -2.26. The number of nitrogens with one attached hydrogen (secondary N) is 1. The maximum Gasteiger partial charge on any atom is 0.261 e. The fourth-order valence-electron chi connectivity index (χ4n) is 3.48. The van der Waals surface area contributed by atoms with E-state index < -0.39 is 9.84 Å². The van der Waals surface area contributed by atoms with Crippen molar-refractivity contribution in [3.05, 3.63) is 52.5 Å². The van der Waals surface area contributed by atoms with Gasteiger partial charge in [-0.1, -0.05) is 30.3 Å². The van der Waals surface area contributed by atoms with Crippen LogP contribution in [0.15, 0.2) is 36.4 Å². The fourth-order valence-corrected chi connectivity index (χ4v) is 5.83. The molecule has 154 valence electrons. The summed E-state index contributed by atoms with van der Waals surface area (Å²) in [6.45, 7) is 4.87. The predicted molar refractivity (Wildman–Crippen MR) is 115 cm³/mol. The van der Waals surface area contributed by atoms with Crippen LogP contribution >= 0.6 is 11.3 Å². The predicted octanol–water partition coefficient (Wildman–Crippen LogP) is 1.91. The second kappa shape index (κ2) is 8.25. The molecule has 2 aromatic heterocycles. The van der Waals surface area contributed by atoms with Gasteiger partial charge in [-0.2, -0.15) is 5.10 Å². The number of carbonyl (C=O) groups is 1. The van der Waals surface area contributed by atoms with Gasteiger partial charge in [0.05, 0.1) is 28.6 Å². The maximum absolute atomic E-state index is 12.6. The highest BCUT2D eigenvalue weighted by Crippen LogP contribution is 2.28. The summed E-state index contributed by atoms with van der Waals surface area (Å²) in [5.74, 6) is 0.310. The van der Waals surface area contributed by atoms with E-state index in [1.165, 1.54) is 16.9 Å². The van der Waals surface area contributed by atoms with Gasteiger partial charge >= 0.3 is 0 Å². The van der Waals surface area contributed by atoms with E-state index in [-0.39, 0.29) is 17.4 Å². The Morgan fingerprint density at radius 1 is 1.21 bits per heavy atom. The summed E-state index contributed by atoms with van der Waals surface area (Å²) in [6.07, 6.45) is 0. The molecule has 29 heavy (non-hydrogen) atoms. The summed E-state index contributed by atoms with van der Waals surface area (Å²) in [6, 6.07) is 12.0. The summed E-state index contributed by atoms with van der Waals surface area (Å²) in [5.41, 5.74) is 2.08. The molecule has 1 aliphatic rings. The molecule has 0 radical (unpaired) electrons. The highest BCUT2D eigenvalue weighted by Gasteiger charge is 2.21. The molecule has 3 heterocycles. The van der Waals surface area contributed by atoms with E-state index in [1.54, 1.807) is 0 Å². The van der Waals surface area contributed by atoms with E-state index >= 15 is 0 Å². The van der Waals surface area contributed by atoms with Gasteiger partial charge in [-0.05, 0) is 18.6 Å². The molecule has 0 bridgehead atoms. The molecule has 9 heteroatoms. The Bertz CT molecular complexity index is 1110. The van der Waals surface area contributed by atoms with Gasteiger partial charge in [-0.3, -0.25) is 14.4 Å². The van der Waals surface area contributed by atoms with E-state index in [0.29, 0.717) is 37.6 Å². The Balaban J connectivity index is 1.39. The van der Waals surface area contributed by atoms with Gasteiger partial charge in [0.25, 0.3) is 5.91 Å². The van der Waals surface area contributed by atoms with Crippen molar-refractivity contribution >= 4 is 37.3 Å². The van der Waals surface area contributed by atoms with Crippen LogP contribution in [-0.2, 0) is 16.4 Å². The lowest BCUT2D eigenvalue weighted by molar-refractivity contribution is 0.0953. The average Bonchev–Trinajstić information content (AvgIpc) is 3.26. The van der Waals surface area contributed by atoms with Crippen LogP contribution in [0.3, 0.4) is 0 Å². The van der Waals surface area contributed by atoms with Crippen LogP contribution in [-0.4, -0.2) is 66.7 Å². The Morgan fingerprint density at radius 3 is 2.66 bits per heavy atom. The van der Waals surface area contributed by atoms with Gasteiger partial charge in [-0.15, -0.1) is 11.3 Å². The quantitative estimate of drug-likeness (QED) is 0.643. The largest absolute Gasteiger partial charge is 0.350 e. The van der Waals surface area contributed by atoms with Crippen LogP contribution in [0.4, 0.5) is 0 Å². The van der Waals surface area contributed by atoms with Gasteiger partial charge in [0.1, 0.15) is 4.83 Å². The smallest absolute Gasteiger partial charge is 0.261 e. The third-order valence-corrected chi connectivity index (χ3v) is 7.91. The Hall–Kier alpha value is -2.23. The van der Waals surface area contributed by atoms with Crippen molar-refractivity contribution in [3.63, 3.8) is 0 Å². The first-order valence-electron chi connectivity index (χ1n) is 9.63. The van der Waals surface area contributed by atoms with E-state index in [1.807, 2.05) is 35.9 Å². The van der Waals surface area contributed by atoms with E-state index in [4.69, 9.17) is 0 Å². The number of amides is 1. The third-order valence-electron chi connectivity index (χ3n) is 5.16. The van der Waals surface area contributed by atoms with Gasteiger partial charge in [0.15, 0.2) is 9.84 Å². The normalized spacial score (nSPS) is 16.9. The number of aromatic nitrogens is 2. The number of fused-ring (bicyclic) bond motifs is 1. The molecule has 1 amide bonds. The van der Waals surface area contributed by atoms with E-state index in [2.05, 4.69) is 27.4 Å². The SMILES string of the molecule is Cc1nn(Cc2ccccc2)c2sc(C(=O)NCCN3CCS(=O)(=O)CC3)cc12. The summed E-state index contributed by atoms with van der Waals surface area (Å²) >= 11 is 1.45. The van der Waals surface area contributed by atoms with Gasteiger partial charge < -0.3 is 5.32 Å². The minimum absolute atomic E-state index is 0.0958. The molecule has 1 aromatic carbocycles. The third kappa shape index (κ3) is 4.68. The lowest BCUT2D eigenvalue weighted by atomic mass is 10.2. The molecule has 1 saturated heterocycles. The molecule has 0 unspecified atom stereocenters. The first kappa shape index (κ1) is 20.1. The van der Waals surface area contributed by atoms with Gasteiger partial charge in [0.2, 0.25) is 0 Å². The van der Waals surface area contributed by atoms with Crippen molar-refractivity contribution in [1.29, 1.82) is 0 Å². The summed E-state index contributed by atoms with van der Waals surface area (Å²) in [7, 11) is -2.87. The monoisotopic (exact) mass is 432 g/mol. The summed E-state index contributed by atoms with van der Waals surface area (Å²) in [4.78, 5) is 16.3. The van der Waals surface area contributed by atoms with Crippen molar-refractivity contribution in [3.8, 4) is 0 Å². The minimum Gasteiger partial charge on any atom is -0.350 e. The van der Waals surface area contributed by atoms with E-state index in [0.717, 1.165) is 15.9 Å². The number of hydrogen-bond donors (Lipinski definition) is 1. The molecular weight excluding hydrogens is 408 g/mol. The summed E-state index contributed by atoms with van der Waals surface area (Å²) < 4.78 is 24.9. The van der Waals surface area contributed by atoms with Crippen LogP contribution in [0, 0.1) is 6.92 Å². The average molecular weight is 433 g/mol. The van der Waals surface area contributed by atoms with Crippen molar-refractivity contribution in [2.75, 3.05) is 37.7 Å². The molecule has 1 N–H and O–H groups in total. The van der Waals surface area contributed by atoms with Gasteiger partial charge in [0, 0.05) is 31.6 Å². The van der Waals surface area contributed by atoms with Gasteiger partial charge in [-0.25, -0.2) is 8.42 Å². The standard InChI is InChI=1S/C20H24N4O3S2/c1-15-17-13-18(19(25)21-7-8-23-9-11-29(26,27)12-10-23)28-20(17)24(22-15)14-16-5-3-2-4-6-16/h2-6,13H,7-12,14H2,1H3,(H,21,25). The number of aryl methyl sites for hydroxylation is 1. The van der Waals surface area contributed by atoms with Crippen LogP contribution in [0.2, 0.25) is 0 Å². The van der Waals surface area contributed by atoms with Crippen molar-refractivity contribution < 1.29 is 13.2 Å². The molecular formula is C20H24N4O3S2. The zero-order chi connectivity index (χ0) is 20.4. The highest BCUT2D eigenvalue weighted by molar-refractivity contribution is 7.91. The highest BCUT2D eigenvalue weighted by atomic mass is 32.2. The first-order valence-corrected chi connectivity index (χ1v) is 12.3. The van der Waals surface area contributed by atoms with Crippen molar-refractivity contribution in [2.24, 2.45) is 0 Å². The number of sulfone groups is 1. The van der Waals surface area contributed by atoms with Crippen molar-refractivity contribution in [2.45, 2.75) is 13.5 Å². The molecule has 0 spiro atoms. The maximum atomic E-state index is 12.6. The fraction of sp³-hybridized carbons (Fsp3) is 0.400. The minimum atomic E-state index is -2.87. The number of benzene rings is 1. The Morgan fingerprint density at radius 2 is 1.93 bits per heavy atom. The number of rotatable bonds is 6. The topological polar surface area (TPSA) is 84.3 Å². The molecule has 1 fully saturated rings. The number of hydrogen-bond acceptors (Lipinski definition) is 6. The summed E-state index contributed by atoms with van der Waals surface area (Å²) in [5, 5.41) is 8.59. The Kier molecular flexibility index (Phi) is 5.71. The molecule has 1 aliphatic heterocycles. The first-order chi connectivity index (χ1) is 13.9. The molecule has 3 aromatic rings. The van der Waals surface area contributed by atoms with Crippen LogP contribution in [0.25, 0.3) is 10.2 Å². The van der Waals surface area contributed by atoms with Crippen molar-refractivity contribution in [1.82, 2.24) is 20.0 Å². The van der Waals surface area contributed by atoms with Crippen LogP contribution in [0.5, 0.6) is 0 Å². The van der Waals surface area contributed by atoms with Crippen LogP contribution in [0.1, 0.15) is 20.9 Å². The second-order valence-electron chi connectivity index (χ2n) is 7.31. The van der Waals surface area contributed by atoms with E-state index in [9.17, 15) is 13.2 Å².